The van der Waals surface area contributed by atoms with Crippen LogP contribution in [0.5, 0.6) is 0 Å². The molecule has 0 unspecified atom stereocenters. The highest BCUT2D eigenvalue weighted by Gasteiger charge is 2.50. The average molecular weight is 350 g/mol. The lowest BCUT2D eigenvalue weighted by atomic mass is 9.82. The van der Waals surface area contributed by atoms with Gasteiger partial charge in [-0.15, -0.1) is 0 Å². The van der Waals surface area contributed by atoms with Gasteiger partial charge in [-0.3, -0.25) is 4.79 Å². The lowest BCUT2D eigenvalue weighted by Gasteiger charge is -2.38. The maximum Gasteiger partial charge on any atom is 0.335 e. The van der Waals surface area contributed by atoms with Crippen LogP contribution in [0.15, 0.2) is 29.3 Å². The molecule has 1 amide bonds. The van der Waals surface area contributed by atoms with E-state index in [4.69, 9.17) is 4.74 Å². The zero-order chi connectivity index (χ0) is 18.2. The first-order valence-electron chi connectivity index (χ1n) is 8.30. The molecule has 1 aromatic carbocycles. The van der Waals surface area contributed by atoms with Crippen molar-refractivity contribution in [3.8, 4) is 0 Å². The Morgan fingerprint density at radius 1 is 1.32 bits per heavy atom. The zero-order valence-corrected chi connectivity index (χ0v) is 14.2. The summed E-state index contributed by atoms with van der Waals surface area (Å²) in [4.78, 5) is 27.0. The van der Waals surface area contributed by atoms with E-state index in [9.17, 15) is 18.4 Å². The highest BCUT2D eigenvalue weighted by atomic mass is 19.1. The highest BCUT2D eigenvalue weighted by Crippen LogP contribution is 2.41. The fourth-order valence-corrected chi connectivity index (χ4v) is 3.49. The number of carbonyl (C=O) groups excluding carboxylic acids is 2. The molecule has 3 rings (SSSR count). The molecule has 2 heterocycles. The van der Waals surface area contributed by atoms with E-state index in [1.165, 1.54) is 6.92 Å². The molecule has 2 aliphatic rings. The Morgan fingerprint density at radius 3 is 2.64 bits per heavy atom. The molecule has 1 aromatic rings. The van der Waals surface area contributed by atoms with Crippen LogP contribution >= 0.6 is 0 Å². The first-order chi connectivity index (χ1) is 11.9. The van der Waals surface area contributed by atoms with E-state index in [0.29, 0.717) is 25.9 Å². The highest BCUT2D eigenvalue weighted by molar-refractivity contribution is 6.12. The molecule has 7 heteroatoms. The van der Waals surface area contributed by atoms with Gasteiger partial charge in [0.1, 0.15) is 17.2 Å². The molecule has 0 saturated carbocycles. The van der Waals surface area contributed by atoms with Crippen LogP contribution in [0.4, 0.5) is 14.5 Å². The van der Waals surface area contributed by atoms with Crippen LogP contribution in [0.1, 0.15) is 26.7 Å². The molecule has 0 bridgehead atoms. The number of likely N-dealkylation sites (tertiary alicyclic amines) is 1. The van der Waals surface area contributed by atoms with E-state index >= 15 is 0 Å². The minimum absolute atomic E-state index is 0.219. The molecule has 0 radical (unpaired) electrons. The summed E-state index contributed by atoms with van der Waals surface area (Å²) < 4.78 is 32.7. The molecule has 1 N–H and O–H groups in total. The number of anilines is 1. The van der Waals surface area contributed by atoms with E-state index in [1.54, 1.807) is 0 Å². The van der Waals surface area contributed by atoms with Gasteiger partial charge in [0.15, 0.2) is 0 Å². The Bertz CT molecular complexity index is 753. The van der Waals surface area contributed by atoms with Gasteiger partial charge in [-0.25, -0.2) is 13.6 Å². The summed E-state index contributed by atoms with van der Waals surface area (Å²) in [6.07, 6.45) is 0.997. The molecule has 0 aliphatic carbocycles. The maximum absolute atomic E-state index is 13.8. The van der Waals surface area contributed by atoms with Crippen LogP contribution in [-0.2, 0) is 14.3 Å². The molecule has 1 saturated heterocycles. The number of esters is 1. The van der Waals surface area contributed by atoms with Gasteiger partial charge in [-0.1, -0.05) is 6.92 Å². The third kappa shape index (κ3) is 3.16. The Balaban J connectivity index is 1.88. The number of rotatable bonds is 3. The van der Waals surface area contributed by atoms with Gasteiger partial charge in [0.25, 0.3) is 5.91 Å². The smallest absolute Gasteiger partial charge is 0.335 e. The van der Waals surface area contributed by atoms with Gasteiger partial charge >= 0.3 is 5.97 Å². The van der Waals surface area contributed by atoms with Gasteiger partial charge in [0, 0.05) is 37.6 Å². The second kappa shape index (κ2) is 6.55. The molecule has 134 valence electrons. The number of piperidine rings is 1. The molecule has 25 heavy (non-hydrogen) atoms. The Labute approximate surface area is 144 Å². The SMILES string of the molecule is CCN1CCC2(CC1)OC(=O)C(C)=C2C(=O)Nc1cc(F)ccc1F. The second-order valence-corrected chi connectivity index (χ2v) is 6.40. The molecular formula is C18H20F2N2O3. The number of halogens is 2. The molecule has 2 aliphatic heterocycles. The van der Waals surface area contributed by atoms with E-state index in [1.807, 2.05) is 6.92 Å². The predicted octanol–water partition coefficient (Wildman–Crippen LogP) is 2.63. The summed E-state index contributed by atoms with van der Waals surface area (Å²) in [6, 6.07) is 2.82. The van der Waals surface area contributed by atoms with Crippen molar-refractivity contribution >= 4 is 17.6 Å². The number of ether oxygens (including phenoxy) is 1. The van der Waals surface area contributed by atoms with Crippen molar-refractivity contribution in [2.45, 2.75) is 32.3 Å². The third-order valence-corrected chi connectivity index (χ3v) is 4.94. The first-order valence-corrected chi connectivity index (χ1v) is 8.30. The molecule has 1 fully saturated rings. The summed E-state index contributed by atoms with van der Waals surface area (Å²) in [7, 11) is 0. The molecule has 5 nitrogen and oxygen atoms in total. The summed E-state index contributed by atoms with van der Waals surface area (Å²) in [5.74, 6) is -2.56. The van der Waals surface area contributed by atoms with Crippen molar-refractivity contribution in [1.29, 1.82) is 0 Å². The van der Waals surface area contributed by atoms with Crippen LogP contribution < -0.4 is 5.32 Å². The average Bonchev–Trinajstić information content (AvgIpc) is 2.82. The van der Waals surface area contributed by atoms with Crippen molar-refractivity contribution < 1.29 is 23.1 Å². The molecule has 0 aromatic heterocycles. The largest absolute Gasteiger partial charge is 0.450 e. The third-order valence-electron chi connectivity index (χ3n) is 4.94. The molecule has 0 atom stereocenters. The van der Waals surface area contributed by atoms with Crippen molar-refractivity contribution in [1.82, 2.24) is 4.90 Å². The summed E-state index contributed by atoms with van der Waals surface area (Å²) in [5.41, 5.74) is -0.803. The number of hydrogen-bond donors (Lipinski definition) is 1. The lowest BCUT2D eigenvalue weighted by molar-refractivity contribution is -0.150. The Hall–Kier alpha value is -2.28. The molecular weight excluding hydrogens is 330 g/mol. The van der Waals surface area contributed by atoms with Crippen LogP contribution in [-0.4, -0.2) is 42.0 Å². The van der Waals surface area contributed by atoms with Gasteiger partial charge in [-0.2, -0.15) is 0 Å². The monoisotopic (exact) mass is 350 g/mol. The maximum atomic E-state index is 13.8. The predicted molar refractivity (Wildman–Crippen MR) is 87.9 cm³/mol. The van der Waals surface area contributed by atoms with Crippen LogP contribution in [0, 0.1) is 11.6 Å². The summed E-state index contributed by atoms with van der Waals surface area (Å²) in [5, 5.41) is 2.38. The number of nitrogens with one attached hydrogen (secondary N) is 1. The Kier molecular flexibility index (Phi) is 4.60. The van der Waals surface area contributed by atoms with Crippen molar-refractivity contribution in [2.75, 3.05) is 25.0 Å². The summed E-state index contributed by atoms with van der Waals surface area (Å²) >= 11 is 0. The van der Waals surface area contributed by atoms with Crippen LogP contribution in [0.3, 0.4) is 0 Å². The minimum Gasteiger partial charge on any atom is -0.450 e. The number of nitrogens with zero attached hydrogens (tertiary/aromatic N) is 1. The van der Waals surface area contributed by atoms with Crippen molar-refractivity contribution in [3.05, 3.63) is 41.0 Å². The fraction of sp³-hybridized carbons (Fsp3) is 0.444. The quantitative estimate of drug-likeness (QED) is 0.852. The fourth-order valence-electron chi connectivity index (χ4n) is 3.49. The van der Waals surface area contributed by atoms with E-state index in [0.717, 1.165) is 24.7 Å². The number of benzene rings is 1. The Morgan fingerprint density at radius 2 is 2.00 bits per heavy atom. The zero-order valence-electron chi connectivity index (χ0n) is 14.2. The van der Waals surface area contributed by atoms with E-state index < -0.39 is 29.1 Å². The van der Waals surface area contributed by atoms with Gasteiger partial charge in [0.05, 0.1) is 11.3 Å². The standard InChI is InChI=1S/C18H20F2N2O3/c1-3-22-8-6-18(7-9-22)15(11(2)17(24)25-18)16(23)21-14-10-12(19)4-5-13(14)20/h4-5,10H,3,6-9H2,1-2H3,(H,21,23). The number of carbonyl (C=O) groups is 2. The minimum atomic E-state index is -0.985. The number of amides is 1. The number of hydrogen-bond acceptors (Lipinski definition) is 4. The van der Waals surface area contributed by atoms with Gasteiger partial charge in [-0.05, 0) is 25.6 Å². The van der Waals surface area contributed by atoms with E-state index in [2.05, 4.69) is 10.2 Å². The normalized spacial score (nSPS) is 20.1. The van der Waals surface area contributed by atoms with Crippen molar-refractivity contribution in [2.24, 2.45) is 0 Å². The lowest BCUT2D eigenvalue weighted by Crippen LogP contribution is -2.47. The van der Waals surface area contributed by atoms with E-state index in [-0.39, 0.29) is 16.8 Å². The van der Waals surface area contributed by atoms with Gasteiger partial charge < -0.3 is 15.0 Å². The van der Waals surface area contributed by atoms with Crippen molar-refractivity contribution in [3.63, 3.8) is 0 Å². The first kappa shape index (κ1) is 17.5. The van der Waals surface area contributed by atoms with Gasteiger partial charge in [0.2, 0.25) is 0 Å². The second-order valence-electron chi connectivity index (χ2n) is 6.40. The topological polar surface area (TPSA) is 58.6 Å². The van der Waals surface area contributed by atoms with Crippen LogP contribution in [0.2, 0.25) is 0 Å². The summed E-state index contributed by atoms with van der Waals surface area (Å²) in [6.45, 7) is 5.84. The molecule has 1 spiro atoms. The van der Waals surface area contributed by atoms with Crippen LogP contribution in [0.25, 0.3) is 0 Å².